The van der Waals surface area contributed by atoms with E-state index in [1.807, 2.05) is 32.3 Å². The molecule has 0 saturated carbocycles. The molecule has 3 aromatic rings. The first-order chi connectivity index (χ1) is 16.4. The lowest BCUT2D eigenvalue weighted by Crippen LogP contribution is -2.32. The fourth-order valence-electron chi connectivity index (χ4n) is 4.48. The molecule has 1 atom stereocenters. The number of carbonyl (C=O) groups is 1. The van der Waals surface area contributed by atoms with Crippen molar-refractivity contribution in [2.45, 2.75) is 32.2 Å². The highest BCUT2D eigenvalue weighted by atomic mass is 16.6. The van der Waals surface area contributed by atoms with E-state index in [1.54, 1.807) is 11.9 Å². The number of carbonyl (C=O) groups excluding carboxylic acids is 1. The van der Waals surface area contributed by atoms with E-state index in [0.717, 1.165) is 31.4 Å². The van der Waals surface area contributed by atoms with E-state index < -0.39 is 0 Å². The maximum Gasteiger partial charge on any atom is 0.414 e. The van der Waals surface area contributed by atoms with Gasteiger partial charge in [-0.25, -0.2) is 4.79 Å². The number of hydrogen-bond donors (Lipinski definition) is 0. The number of nitrogens with zero attached hydrogens (tertiary/aromatic N) is 3. The first-order valence-electron chi connectivity index (χ1n) is 12.1. The second-order valence-corrected chi connectivity index (χ2v) is 9.26. The average molecular weight is 458 g/mol. The molecule has 0 spiro atoms. The second kappa shape index (κ2) is 10.7. The van der Waals surface area contributed by atoms with Crippen LogP contribution in [0.2, 0.25) is 0 Å². The van der Waals surface area contributed by atoms with Gasteiger partial charge in [-0.3, -0.25) is 0 Å². The SMILES string of the molecule is C[C@@H](c1cccc(OC(=O)N(C)CCCN2c3ccccc3CCc3ccccc32)c1)N(C)C. The lowest BCUT2D eigenvalue weighted by atomic mass is 10.0. The minimum absolute atomic E-state index is 0.246. The van der Waals surface area contributed by atoms with Crippen LogP contribution in [0.1, 0.15) is 36.1 Å². The Hall–Kier alpha value is -3.31. The predicted octanol–water partition coefficient (Wildman–Crippen LogP) is 6.07. The fourth-order valence-corrected chi connectivity index (χ4v) is 4.48. The summed E-state index contributed by atoms with van der Waals surface area (Å²) in [7, 11) is 5.88. The standard InChI is InChI=1S/C29H35N3O2/c1-22(30(2)3)25-13-9-14-26(21-25)34-29(33)31(4)19-10-20-32-27-15-7-5-11-23(27)17-18-24-12-6-8-16-28(24)32/h5-9,11-16,21-22H,10,17-20H2,1-4H3/t22-/m0/s1. The van der Waals surface area contributed by atoms with Gasteiger partial charge in [0.15, 0.2) is 0 Å². The molecule has 3 aromatic carbocycles. The van der Waals surface area contributed by atoms with Crippen LogP contribution in [0, 0.1) is 0 Å². The van der Waals surface area contributed by atoms with Crippen LogP contribution in [-0.4, -0.2) is 50.1 Å². The Balaban J connectivity index is 1.39. The maximum atomic E-state index is 12.7. The van der Waals surface area contributed by atoms with E-state index in [0.29, 0.717) is 12.3 Å². The van der Waals surface area contributed by atoms with Crippen molar-refractivity contribution in [2.24, 2.45) is 0 Å². The third kappa shape index (κ3) is 5.42. The molecule has 178 valence electrons. The number of ether oxygens (including phenoxy) is 1. The highest BCUT2D eigenvalue weighted by molar-refractivity contribution is 5.72. The van der Waals surface area contributed by atoms with Gasteiger partial charge < -0.3 is 19.4 Å². The van der Waals surface area contributed by atoms with Crippen molar-refractivity contribution >= 4 is 17.5 Å². The largest absolute Gasteiger partial charge is 0.414 e. The lowest BCUT2D eigenvalue weighted by Gasteiger charge is -2.28. The van der Waals surface area contributed by atoms with Crippen LogP contribution in [0.25, 0.3) is 0 Å². The van der Waals surface area contributed by atoms with Crippen molar-refractivity contribution in [2.75, 3.05) is 39.1 Å². The summed E-state index contributed by atoms with van der Waals surface area (Å²) in [6.45, 7) is 3.58. The Bertz CT molecular complexity index is 1080. The van der Waals surface area contributed by atoms with E-state index in [4.69, 9.17) is 4.74 Å². The molecular formula is C29H35N3O2. The van der Waals surface area contributed by atoms with Gasteiger partial charge in [0.05, 0.1) is 0 Å². The molecule has 5 heteroatoms. The summed E-state index contributed by atoms with van der Waals surface area (Å²) in [5.41, 5.74) is 6.40. The van der Waals surface area contributed by atoms with Gasteiger partial charge in [-0.2, -0.15) is 0 Å². The third-order valence-corrected chi connectivity index (χ3v) is 6.74. The first-order valence-corrected chi connectivity index (χ1v) is 12.1. The Labute approximate surface area is 203 Å². The van der Waals surface area contributed by atoms with Gasteiger partial charge in [0.2, 0.25) is 0 Å². The number of para-hydroxylation sites is 2. The number of aryl methyl sites for hydroxylation is 2. The zero-order chi connectivity index (χ0) is 24.1. The van der Waals surface area contributed by atoms with E-state index in [9.17, 15) is 4.79 Å². The second-order valence-electron chi connectivity index (χ2n) is 9.26. The van der Waals surface area contributed by atoms with Crippen LogP contribution in [0.5, 0.6) is 5.75 Å². The number of benzene rings is 3. The van der Waals surface area contributed by atoms with Gasteiger partial charge in [0.25, 0.3) is 0 Å². The molecule has 34 heavy (non-hydrogen) atoms. The highest BCUT2D eigenvalue weighted by Gasteiger charge is 2.20. The van der Waals surface area contributed by atoms with Crippen LogP contribution >= 0.6 is 0 Å². The maximum absolute atomic E-state index is 12.7. The fraction of sp³-hybridized carbons (Fsp3) is 0.345. The van der Waals surface area contributed by atoms with Crippen molar-refractivity contribution in [3.63, 3.8) is 0 Å². The van der Waals surface area contributed by atoms with Gasteiger partial charge in [0.1, 0.15) is 5.75 Å². The van der Waals surface area contributed by atoms with Crippen LogP contribution in [0.4, 0.5) is 16.2 Å². The molecule has 0 saturated heterocycles. The number of anilines is 2. The van der Waals surface area contributed by atoms with Gasteiger partial charge in [-0.15, -0.1) is 0 Å². The zero-order valence-electron chi connectivity index (χ0n) is 20.7. The average Bonchev–Trinajstić information content (AvgIpc) is 3.01. The summed E-state index contributed by atoms with van der Waals surface area (Å²) in [6.07, 6.45) is 2.60. The van der Waals surface area contributed by atoms with Crippen molar-refractivity contribution in [1.29, 1.82) is 0 Å². The van der Waals surface area contributed by atoms with Gasteiger partial charge in [-0.05, 0) is 81.2 Å². The van der Waals surface area contributed by atoms with Crippen molar-refractivity contribution in [1.82, 2.24) is 9.80 Å². The van der Waals surface area contributed by atoms with E-state index >= 15 is 0 Å². The molecule has 0 unspecified atom stereocenters. The minimum Gasteiger partial charge on any atom is -0.410 e. The molecule has 0 aromatic heterocycles. The van der Waals surface area contributed by atoms with Crippen LogP contribution < -0.4 is 9.64 Å². The van der Waals surface area contributed by atoms with Crippen LogP contribution in [0.3, 0.4) is 0 Å². The van der Waals surface area contributed by atoms with E-state index in [-0.39, 0.29) is 12.1 Å². The molecule has 0 aliphatic carbocycles. The Kier molecular flexibility index (Phi) is 7.53. The smallest absolute Gasteiger partial charge is 0.410 e. The van der Waals surface area contributed by atoms with E-state index in [2.05, 4.69) is 71.3 Å². The third-order valence-electron chi connectivity index (χ3n) is 6.74. The summed E-state index contributed by atoms with van der Waals surface area (Å²) < 4.78 is 5.68. The summed E-state index contributed by atoms with van der Waals surface area (Å²) in [6, 6.07) is 25.3. The molecule has 0 radical (unpaired) electrons. The summed E-state index contributed by atoms with van der Waals surface area (Å²) in [5, 5.41) is 0. The highest BCUT2D eigenvalue weighted by Crippen LogP contribution is 2.35. The summed E-state index contributed by atoms with van der Waals surface area (Å²) in [4.78, 5) is 18.9. The van der Waals surface area contributed by atoms with Gasteiger partial charge in [0, 0.05) is 37.6 Å². The topological polar surface area (TPSA) is 36.0 Å². The molecule has 0 bridgehead atoms. The van der Waals surface area contributed by atoms with Crippen molar-refractivity contribution in [3.05, 3.63) is 89.5 Å². The molecule has 1 amide bonds. The molecule has 1 aliphatic rings. The molecule has 5 nitrogen and oxygen atoms in total. The molecule has 0 N–H and O–H groups in total. The Morgan fingerprint density at radius 3 is 2.15 bits per heavy atom. The molecule has 0 fully saturated rings. The number of rotatable bonds is 7. The first kappa shape index (κ1) is 23.8. The summed E-state index contributed by atoms with van der Waals surface area (Å²) >= 11 is 0. The normalized spacial score (nSPS) is 13.6. The minimum atomic E-state index is -0.327. The number of fused-ring (bicyclic) bond motifs is 2. The van der Waals surface area contributed by atoms with Crippen LogP contribution in [-0.2, 0) is 12.8 Å². The summed E-state index contributed by atoms with van der Waals surface area (Å²) in [5.74, 6) is 0.582. The van der Waals surface area contributed by atoms with Crippen molar-refractivity contribution in [3.8, 4) is 5.75 Å². The molecule has 1 heterocycles. The molecule has 4 rings (SSSR count). The Morgan fingerprint density at radius 2 is 1.53 bits per heavy atom. The Morgan fingerprint density at radius 1 is 0.912 bits per heavy atom. The predicted molar refractivity (Wildman–Crippen MR) is 139 cm³/mol. The molecular weight excluding hydrogens is 422 g/mol. The number of amides is 1. The number of hydrogen-bond acceptors (Lipinski definition) is 4. The van der Waals surface area contributed by atoms with Crippen LogP contribution in [0.15, 0.2) is 72.8 Å². The van der Waals surface area contributed by atoms with E-state index in [1.165, 1.54) is 22.5 Å². The zero-order valence-corrected chi connectivity index (χ0v) is 20.7. The molecule has 1 aliphatic heterocycles. The van der Waals surface area contributed by atoms with Gasteiger partial charge in [-0.1, -0.05) is 48.5 Å². The lowest BCUT2D eigenvalue weighted by molar-refractivity contribution is 0.162. The quantitative estimate of drug-likeness (QED) is 0.432. The van der Waals surface area contributed by atoms with Crippen molar-refractivity contribution < 1.29 is 9.53 Å². The van der Waals surface area contributed by atoms with Gasteiger partial charge >= 0.3 is 6.09 Å². The monoisotopic (exact) mass is 457 g/mol.